The van der Waals surface area contributed by atoms with Crippen molar-refractivity contribution in [3.8, 4) is 6.07 Å². The van der Waals surface area contributed by atoms with Gasteiger partial charge in [0.25, 0.3) is 0 Å². The van der Waals surface area contributed by atoms with Gasteiger partial charge in [0.15, 0.2) is 5.69 Å². The Morgan fingerprint density at radius 2 is 2.32 bits per heavy atom. The Kier molecular flexibility index (Phi) is 4.14. The van der Waals surface area contributed by atoms with Crippen molar-refractivity contribution in [2.45, 2.75) is 30.2 Å². The summed E-state index contributed by atoms with van der Waals surface area (Å²) in [4.78, 5) is 3.69. The number of hydrogen-bond donors (Lipinski definition) is 1. The average molecular weight is 281 g/mol. The second kappa shape index (κ2) is 5.65. The standard InChI is InChI=1S/C12H15N3O3S/c13-8-11-12(5-3-6-14-11)19(17,18)15-7-2-1-4-10(15)9-16/h3,5-6,10,16H,1-2,4,7,9H2. The lowest BCUT2D eigenvalue weighted by atomic mass is 10.1. The molecule has 0 radical (unpaired) electrons. The maximum Gasteiger partial charge on any atom is 0.246 e. The predicted octanol–water partition coefficient (Wildman–Crippen LogP) is 0.489. The van der Waals surface area contributed by atoms with Crippen LogP contribution in [0.15, 0.2) is 23.2 Å². The molecular weight excluding hydrogens is 266 g/mol. The van der Waals surface area contributed by atoms with Gasteiger partial charge in [-0.15, -0.1) is 0 Å². The Labute approximate surface area is 112 Å². The maximum absolute atomic E-state index is 12.6. The third-order valence-electron chi connectivity index (χ3n) is 3.25. The molecule has 19 heavy (non-hydrogen) atoms. The van der Waals surface area contributed by atoms with Crippen LogP contribution < -0.4 is 0 Å². The number of aromatic nitrogens is 1. The number of piperidine rings is 1. The van der Waals surface area contributed by atoms with Crippen LogP contribution in [-0.2, 0) is 10.0 Å². The molecule has 1 fully saturated rings. The summed E-state index contributed by atoms with van der Waals surface area (Å²) >= 11 is 0. The fourth-order valence-electron chi connectivity index (χ4n) is 2.28. The summed E-state index contributed by atoms with van der Waals surface area (Å²) in [6, 6.07) is 4.25. The second-order valence-electron chi connectivity index (χ2n) is 4.41. The van der Waals surface area contributed by atoms with Crippen LogP contribution >= 0.6 is 0 Å². The molecule has 0 aromatic carbocycles. The molecule has 1 aliphatic rings. The van der Waals surface area contributed by atoms with Gasteiger partial charge in [-0.2, -0.15) is 9.57 Å². The summed E-state index contributed by atoms with van der Waals surface area (Å²) in [5.74, 6) is 0. The fraction of sp³-hybridized carbons (Fsp3) is 0.500. The highest BCUT2D eigenvalue weighted by molar-refractivity contribution is 7.89. The zero-order valence-electron chi connectivity index (χ0n) is 10.4. The van der Waals surface area contributed by atoms with Crippen LogP contribution in [0.5, 0.6) is 0 Å². The van der Waals surface area contributed by atoms with Crippen LogP contribution in [0.2, 0.25) is 0 Å². The first-order chi connectivity index (χ1) is 9.11. The number of pyridine rings is 1. The number of hydrogen-bond acceptors (Lipinski definition) is 5. The molecule has 2 rings (SSSR count). The van der Waals surface area contributed by atoms with E-state index in [-0.39, 0.29) is 17.2 Å². The Hall–Kier alpha value is -1.49. The molecule has 1 aromatic heterocycles. The molecule has 0 bridgehead atoms. The van der Waals surface area contributed by atoms with Crippen molar-refractivity contribution in [1.82, 2.24) is 9.29 Å². The summed E-state index contributed by atoms with van der Waals surface area (Å²) in [6.45, 7) is 0.161. The number of aliphatic hydroxyl groups excluding tert-OH is 1. The van der Waals surface area contributed by atoms with E-state index in [1.54, 1.807) is 6.07 Å². The molecule has 7 heteroatoms. The first-order valence-corrected chi connectivity index (χ1v) is 7.53. The van der Waals surface area contributed by atoms with Gasteiger partial charge in [0.2, 0.25) is 10.0 Å². The second-order valence-corrected chi connectivity index (χ2v) is 6.27. The minimum absolute atomic E-state index is 0.0853. The van der Waals surface area contributed by atoms with Crippen molar-refractivity contribution in [2.24, 2.45) is 0 Å². The zero-order chi connectivity index (χ0) is 13.9. The fourth-order valence-corrected chi connectivity index (χ4v) is 4.06. The summed E-state index contributed by atoms with van der Waals surface area (Å²) in [5, 5.41) is 18.3. The van der Waals surface area contributed by atoms with E-state index in [4.69, 9.17) is 5.26 Å². The van der Waals surface area contributed by atoms with Gasteiger partial charge in [-0.25, -0.2) is 13.4 Å². The Morgan fingerprint density at radius 1 is 1.53 bits per heavy atom. The summed E-state index contributed by atoms with van der Waals surface area (Å²) in [6.07, 6.45) is 3.68. The van der Waals surface area contributed by atoms with E-state index in [0.29, 0.717) is 13.0 Å². The normalized spacial score (nSPS) is 20.9. The van der Waals surface area contributed by atoms with Gasteiger partial charge in [0.1, 0.15) is 11.0 Å². The topological polar surface area (TPSA) is 94.3 Å². The first kappa shape index (κ1) is 13.9. The number of rotatable bonds is 3. The molecule has 0 aliphatic carbocycles. The van der Waals surface area contributed by atoms with Crippen LogP contribution in [0.4, 0.5) is 0 Å². The van der Waals surface area contributed by atoms with Gasteiger partial charge in [-0.05, 0) is 25.0 Å². The molecule has 1 aromatic rings. The van der Waals surface area contributed by atoms with Crippen molar-refractivity contribution in [2.75, 3.05) is 13.2 Å². The molecular formula is C12H15N3O3S. The largest absolute Gasteiger partial charge is 0.395 e. The lowest BCUT2D eigenvalue weighted by Gasteiger charge is -2.33. The average Bonchev–Trinajstić information content (AvgIpc) is 2.47. The summed E-state index contributed by atoms with van der Waals surface area (Å²) in [5.41, 5.74) is -0.107. The van der Waals surface area contributed by atoms with Gasteiger partial charge in [0, 0.05) is 18.8 Å². The molecule has 0 saturated carbocycles. The molecule has 6 nitrogen and oxygen atoms in total. The lowest BCUT2D eigenvalue weighted by Crippen LogP contribution is -2.45. The van der Waals surface area contributed by atoms with Crippen LogP contribution in [0.3, 0.4) is 0 Å². The van der Waals surface area contributed by atoms with Crippen LogP contribution in [0.25, 0.3) is 0 Å². The number of nitriles is 1. The Morgan fingerprint density at radius 3 is 3.00 bits per heavy atom. The van der Waals surface area contributed by atoms with Gasteiger partial charge in [-0.3, -0.25) is 0 Å². The van der Waals surface area contributed by atoms with Gasteiger partial charge < -0.3 is 5.11 Å². The first-order valence-electron chi connectivity index (χ1n) is 6.09. The molecule has 1 aliphatic heterocycles. The highest BCUT2D eigenvalue weighted by Gasteiger charge is 2.34. The molecule has 0 spiro atoms. The van der Waals surface area contributed by atoms with Crippen molar-refractivity contribution >= 4 is 10.0 Å². The van der Waals surface area contributed by atoms with Gasteiger partial charge in [-0.1, -0.05) is 6.42 Å². The predicted molar refractivity (Wildman–Crippen MR) is 67.6 cm³/mol. The van der Waals surface area contributed by atoms with E-state index in [1.807, 2.05) is 0 Å². The highest BCUT2D eigenvalue weighted by Crippen LogP contribution is 2.26. The summed E-state index contributed by atoms with van der Waals surface area (Å²) in [7, 11) is -3.78. The van der Waals surface area contributed by atoms with Crippen molar-refractivity contribution in [3.05, 3.63) is 24.0 Å². The van der Waals surface area contributed by atoms with Crippen LogP contribution in [-0.4, -0.2) is 42.0 Å². The van der Waals surface area contributed by atoms with E-state index in [2.05, 4.69) is 4.98 Å². The third kappa shape index (κ3) is 2.61. The van der Waals surface area contributed by atoms with Crippen molar-refractivity contribution in [1.29, 1.82) is 5.26 Å². The van der Waals surface area contributed by atoms with E-state index < -0.39 is 16.1 Å². The third-order valence-corrected chi connectivity index (χ3v) is 5.23. The van der Waals surface area contributed by atoms with E-state index in [0.717, 1.165) is 12.8 Å². The monoisotopic (exact) mass is 281 g/mol. The minimum atomic E-state index is -3.78. The lowest BCUT2D eigenvalue weighted by molar-refractivity contribution is 0.155. The maximum atomic E-state index is 12.6. The molecule has 1 saturated heterocycles. The molecule has 0 amide bonds. The smallest absolute Gasteiger partial charge is 0.246 e. The van der Waals surface area contributed by atoms with E-state index in [1.165, 1.54) is 22.6 Å². The number of nitrogens with zero attached hydrogens (tertiary/aromatic N) is 3. The summed E-state index contributed by atoms with van der Waals surface area (Å²) < 4.78 is 26.4. The Bertz CT molecular complexity index is 594. The molecule has 1 atom stereocenters. The van der Waals surface area contributed by atoms with E-state index >= 15 is 0 Å². The number of sulfonamides is 1. The minimum Gasteiger partial charge on any atom is -0.395 e. The Balaban J connectivity index is 2.44. The molecule has 102 valence electrons. The quantitative estimate of drug-likeness (QED) is 0.870. The van der Waals surface area contributed by atoms with E-state index in [9.17, 15) is 13.5 Å². The van der Waals surface area contributed by atoms with Gasteiger partial charge in [0.05, 0.1) is 6.61 Å². The SMILES string of the molecule is N#Cc1ncccc1S(=O)(=O)N1CCCCC1CO. The molecule has 2 heterocycles. The van der Waals surface area contributed by atoms with Crippen molar-refractivity contribution < 1.29 is 13.5 Å². The molecule has 1 unspecified atom stereocenters. The highest BCUT2D eigenvalue weighted by atomic mass is 32.2. The van der Waals surface area contributed by atoms with Crippen LogP contribution in [0.1, 0.15) is 25.0 Å². The van der Waals surface area contributed by atoms with Crippen LogP contribution in [0, 0.1) is 11.3 Å². The zero-order valence-corrected chi connectivity index (χ0v) is 11.2. The van der Waals surface area contributed by atoms with Crippen molar-refractivity contribution in [3.63, 3.8) is 0 Å². The molecule has 1 N–H and O–H groups in total. The number of aliphatic hydroxyl groups is 1. The van der Waals surface area contributed by atoms with Gasteiger partial charge >= 0.3 is 0 Å².